The Kier molecular flexibility index (Phi) is 3.46. The molecule has 0 aliphatic rings. The first-order valence-corrected chi connectivity index (χ1v) is 6.99. The quantitative estimate of drug-likeness (QED) is 0.935. The first-order valence-electron chi connectivity index (χ1n) is 5.51. The first-order chi connectivity index (χ1) is 9.36. The number of nitrogens with one attached hydrogen (secondary N) is 1. The fourth-order valence-corrected chi connectivity index (χ4v) is 2.74. The van der Waals surface area contributed by atoms with Gasteiger partial charge in [0.2, 0.25) is 5.88 Å². The highest BCUT2D eigenvalue weighted by atomic mass is 32.2. The molecule has 2 rings (SSSR count). The number of halogens is 1. The molecule has 6 nitrogen and oxygen atoms in total. The first kappa shape index (κ1) is 14.0. The Balaban J connectivity index is 2.50. The van der Waals surface area contributed by atoms with Crippen LogP contribution in [0.15, 0.2) is 27.6 Å². The van der Waals surface area contributed by atoms with E-state index in [0.717, 1.165) is 12.1 Å². The molecule has 1 aromatic heterocycles. The molecule has 0 atom stereocenters. The Labute approximate surface area is 114 Å². The Morgan fingerprint density at radius 3 is 2.65 bits per heavy atom. The average molecular weight is 295 g/mol. The van der Waals surface area contributed by atoms with Gasteiger partial charge in [-0.2, -0.15) is 5.26 Å². The Bertz CT molecular complexity index is 806. The van der Waals surface area contributed by atoms with Crippen molar-refractivity contribution in [3.05, 3.63) is 40.8 Å². The SMILES string of the molecule is Cc1noc(NS(=O)(=O)c2cccc(F)c2C#N)c1C. The van der Waals surface area contributed by atoms with Gasteiger partial charge in [0.25, 0.3) is 10.0 Å². The molecule has 104 valence electrons. The van der Waals surface area contributed by atoms with Gasteiger partial charge in [-0.15, -0.1) is 0 Å². The third kappa shape index (κ3) is 2.35. The summed E-state index contributed by atoms with van der Waals surface area (Å²) in [6.45, 7) is 3.28. The molecular weight excluding hydrogens is 285 g/mol. The van der Waals surface area contributed by atoms with Crippen molar-refractivity contribution in [2.24, 2.45) is 0 Å². The Hall–Kier alpha value is -2.40. The highest BCUT2D eigenvalue weighted by Crippen LogP contribution is 2.24. The largest absolute Gasteiger partial charge is 0.337 e. The zero-order chi connectivity index (χ0) is 14.9. The summed E-state index contributed by atoms with van der Waals surface area (Å²) in [5.74, 6) is -0.962. The topological polar surface area (TPSA) is 96.0 Å². The van der Waals surface area contributed by atoms with E-state index in [2.05, 4.69) is 9.88 Å². The van der Waals surface area contributed by atoms with Crippen molar-refractivity contribution in [1.82, 2.24) is 5.16 Å². The number of sulfonamides is 1. The number of hydrogen-bond acceptors (Lipinski definition) is 5. The monoisotopic (exact) mass is 295 g/mol. The number of anilines is 1. The van der Waals surface area contributed by atoms with Crippen LogP contribution in [-0.2, 0) is 10.0 Å². The molecule has 1 aromatic carbocycles. The molecule has 2 aromatic rings. The fourth-order valence-electron chi connectivity index (χ4n) is 1.52. The van der Waals surface area contributed by atoms with Crippen LogP contribution >= 0.6 is 0 Å². The molecule has 0 bridgehead atoms. The number of aryl methyl sites for hydroxylation is 1. The molecule has 0 aliphatic carbocycles. The van der Waals surface area contributed by atoms with Crippen molar-refractivity contribution >= 4 is 15.9 Å². The molecule has 0 unspecified atom stereocenters. The highest BCUT2D eigenvalue weighted by Gasteiger charge is 2.24. The average Bonchev–Trinajstić information content (AvgIpc) is 2.70. The van der Waals surface area contributed by atoms with Gasteiger partial charge in [-0.25, -0.2) is 17.5 Å². The van der Waals surface area contributed by atoms with Gasteiger partial charge < -0.3 is 4.52 Å². The summed E-state index contributed by atoms with van der Waals surface area (Å²) in [6, 6.07) is 4.90. The lowest BCUT2D eigenvalue weighted by atomic mass is 10.2. The van der Waals surface area contributed by atoms with Gasteiger partial charge in [-0.1, -0.05) is 11.2 Å². The summed E-state index contributed by atoms with van der Waals surface area (Å²) in [5, 5.41) is 12.5. The summed E-state index contributed by atoms with van der Waals surface area (Å²) in [7, 11) is -4.13. The van der Waals surface area contributed by atoms with Crippen molar-refractivity contribution in [2.45, 2.75) is 18.7 Å². The predicted molar refractivity (Wildman–Crippen MR) is 67.9 cm³/mol. The zero-order valence-electron chi connectivity index (χ0n) is 10.6. The number of aromatic nitrogens is 1. The van der Waals surface area contributed by atoms with Crippen LogP contribution in [0.2, 0.25) is 0 Å². The molecule has 8 heteroatoms. The van der Waals surface area contributed by atoms with E-state index < -0.39 is 26.3 Å². The van der Waals surface area contributed by atoms with Gasteiger partial charge >= 0.3 is 0 Å². The maximum absolute atomic E-state index is 13.5. The molecule has 0 radical (unpaired) electrons. The predicted octanol–water partition coefficient (Wildman–Crippen LogP) is 2.10. The van der Waals surface area contributed by atoms with E-state index in [9.17, 15) is 12.8 Å². The number of benzene rings is 1. The van der Waals surface area contributed by atoms with Crippen molar-refractivity contribution in [1.29, 1.82) is 5.26 Å². The van der Waals surface area contributed by atoms with Crippen LogP contribution in [0.3, 0.4) is 0 Å². The van der Waals surface area contributed by atoms with Gasteiger partial charge in [0.1, 0.15) is 22.3 Å². The Morgan fingerprint density at radius 1 is 1.40 bits per heavy atom. The number of nitrogens with zero attached hydrogens (tertiary/aromatic N) is 2. The van der Waals surface area contributed by atoms with E-state index in [-0.39, 0.29) is 5.88 Å². The van der Waals surface area contributed by atoms with Crippen LogP contribution in [-0.4, -0.2) is 13.6 Å². The second-order valence-electron chi connectivity index (χ2n) is 4.05. The minimum absolute atomic E-state index is 0.0596. The van der Waals surface area contributed by atoms with E-state index in [1.165, 1.54) is 12.1 Å². The normalized spacial score (nSPS) is 11.1. The van der Waals surface area contributed by atoms with Gasteiger partial charge in [0.05, 0.1) is 5.69 Å². The lowest BCUT2D eigenvalue weighted by molar-refractivity contribution is 0.430. The second kappa shape index (κ2) is 4.94. The molecule has 1 N–H and O–H groups in total. The number of rotatable bonds is 3. The lowest BCUT2D eigenvalue weighted by Gasteiger charge is -2.07. The fraction of sp³-hybridized carbons (Fsp3) is 0.167. The molecular formula is C12H10FN3O3S. The lowest BCUT2D eigenvalue weighted by Crippen LogP contribution is -2.15. The van der Waals surface area contributed by atoms with Crippen molar-refractivity contribution < 1.29 is 17.3 Å². The van der Waals surface area contributed by atoms with Crippen molar-refractivity contribution in [3.63, 3.8) is 0 Å². The van der Waals surface area contributed by atoms with Crippen LogP contribution in [0, 0.1) is 31.0 Å². The summed E-state index contributed by atoms with van der Waals surface area (Å²) in [4.78, 5) is -0.451. The minimum atomic E-state index is -4.13. The van der Waals surface area contributed by atoms with Gasteiger partial charge in [0, 0.05) is 5.56 Å². The maximum Gasteiger partial charge on any atom is 0.265 e. The van der Waals surface area contributed by atoms with Crippen LogP contribution in [0.4, 0.5) is 10.3 Å². The summed E-state index contributed by atoms with van der Waals surface area (Å²) < 4.78 is 44.8. The second-order valence-corrected chi connectivity index (χ2v) is 5.70. The molecule has 20 heavy (non-hydrogen) atoms. The van der Waals surface area contributed by atoms with Gasteiger partial charge in [-0.05, 0) is 26.0 Å². The van der Waals surface area contributed by atoms with Crippen LogP contribution in [0.25, 0.3) is 0 Å². The summed E-state index contributed by atoms with van der Waals surface area (Å²) >= 11 is 0. The smallest absolute Gasteiger partial charge is 0.265 e. The van der Waals surface area contributed by atoms with E-state index in [4.69, 9.17) is 9.78 Å². The van der Waals surface area contributed by atoms with E-state index >= 15 is 0 Å². The maximum atomic E-state index is 13.5. The standard InChI is InChI=1S/C12H10FN3O3S/c1-7-8(2)15-19-12(7)16-20(17,18)11-5-3-4-10(13)9(11)6-14/h3-5,16H,1-2H3. The van der Waals surface area contributed by atoms with E-state index in [1.54, 1.807) is 13.8 Å². The third-order valence-electron chi connectivity index (χ3n) is 2.76. The molecule has 0 saturated carbocycles. The molecule has 0 aliphatic heterocycles. The van der Waals surface area contributed by atoms with Crippen LogP contribution in [0.1, 0.15) is 16.8 Å². The van der Waals surface area contributed by atoms with Gasteiger partial charge in [0.15, 0.2) is 0 Å². The third-order valence-corrected chi connectivity index (χ3v) is 4.13. The van der Waals surface area contributed by atoms with Crippen LogP contribution in [0.5, 0.6) is 0 Å². The number of hydrogen-bond donors (Lipinski definition) is 1. The molecule has 0 fully saturated rings. The number of nitriles is 1. The molecule has 0 amide bonds. The van der Waals surface area contributed by atoms with E-state index in [1.807, 2.05) is 0 Å². The van der Waals surface area contributed by atoms with Crippen LogP contribution < -0.4 is 4.72 Å². The van der Waals surface area contributed by atoms with Crippen molar-refractivity contribution in [2.75, 3.05) is 4.72 Å². The Morgan fingerprint density at radius 2 is 2.10 bits per heavy atom. The van der Waals surface area contributed by atoms with Crippen molar-refractivity contribution in [3.8, 4) is 6.07 Å². The molecule has 0 spiro atoms. The van der Waals surface area contributed by atoms with Gasteiger partial charge in [-0.3, -0.25) is 0 Å². The molecule has 0 saturated heterocycles. The molecule has 1 heterocycles. The zero-order valence-corrected chi connectivity index (χ0v) is 11.5. The minimum Gasteiger partial charge on any atom is -0.337 e. The summed E-state index contributed by atoms with van der Waals surface area (Å²) in [6.07, 6.45) is 0. The highest BCUT2D eigenvalue weighted by molar-refractivity contribution is 7.92. The summed E-state index contributed by atoms with van der Waals surface area (Å²) in [5.41, 5.74) is 0.500. The van der Waals surface area contributed by atoms with E-state index in [0.29, 0.717) is 11.3 Å².